The molecule has 8 nitrogen and oxygen atoms in total. The quantitative estimate of drug-likeness (QED) is 0.167. The molecular weight excluding hydrogens is 676 g/mol. The van der Waals surface area contributed by atoms with E-state index < -0.39 is 22.4 Å². The van der Waals surface area contributed by atoms with Crippen molar-refractivity contribution in [2.45, 2.75) is 68.1 Å². The van der Waals surface area contributed by atoms with Crippen LogP contribution in [0.25, 0.3) is 10.1 Å². The number of likely N-dealkylation sites (tertiary alicyclic amines) is 1. The van der Waals surface area contributed by atoms with Crippen molar-refractivity contribution in [1.82, 2.24) is 4.90 Å². The first kappa shape index (κ1) is 35.8. The number of methoxy groups -OCH3 is 1. The fraction of sp³-hybridized carbons (Fsp3) is 0.556. The summed E-state index contributed by atoms with van der Waals surface area (Å²) in [7, 11) is -1.92. The predicted octanol–water partition coefficient (Wildman–Crippen LogP) is 6.73. The van der Waals surface area contributed by atoms with Gasteiger partial charge in [-0.05, 0) is 67.7 Å². The Morgan fingerprint density at radius 2 is 1.82 bits per heavy atom. The van der Waals surface area contributed by atoms with Gasteiger partial charge in [0.2, 0.25) is 0 Å². The molecule has 3 heterocycles. The van der Waals surface area contributed by atoms with E-state index in [4.69, 9.17) is 14.2 Å². The SMILES string of the molecule is COCCOc1cc(S(C)(=O)=O)ccc1NCC#Cc1sc2c(NC3CCC(N4CC5(CCOCC5)C4)CC3)cccc2c1CC(F)(F)F. The number of alkyl halides is 3. The summed E-state index contributed by atoms with van der Waals surface area (Å²) >= 11 is 1.29. The van der Waals surface area contributed by atoms with E-state index in [1.165, 1.54) is 43.7 Å². The Bertz CT molecular complexity index is 1780. The van der Waals surface area contributed by atoms with Gasteiger partial charge in [-0.2, -0.15) is 13.2 Å². The highest BCUT2D eigenvalue weighted by atomic mass is 32.2. The number of nitrogens with zero attached hydrogens (tertiary/aromatic N) is 1. The maximum Gasteiger partial charge on any atom is 0.393 e. The molecule has 0 unspecified atom stereocenters. The van der Waals surface area contributed by atoms with Gasteiger partial charge < -0.3 is 24.8 Å². The molecule has 3 aromatic rings. The normalized spacial score (nSPS) is 21.2. The van der Waals surface area contributed by atoms with Crippen molar-refractivity contribution in [1.29, 1.82) is 0 Å². The molecule has 1 saturated carbocycles. The second kappa shape index (κ2) is 15.1. The minimum absolute atomic E-state index is 0.107. The summed E-state index contributed by atoms with van der Waals surface area (Å²) in [5, 5.41) is 7.37. The fourth-order valence-electron chi connectivity index (χ4n) is 7.26. The Balaban J connectivity index is 1.14. The lowest BCUT2D eigenvalue weighted by molar-refractivity contribution is -0.126. The molecule has 2 saturated heterocycles. The van der Waals surface area contributed by atoms with E-state index in [2.05, 4.69) is 27.4 Å². The zero-order chi connectivity index (χ0) is 34.6. The molecule has 1 spiro atoms. The van der Waals surface area contributed by atoms with Crippen LogP contribution in [0.4, 0.5) is 24.5 Å². The summed E-state index contributed by atoms with van der Waals surface area (Å²) in [5.41, 5.74) is 2.02. The molecule has 0 radical (unpaired) electrons. The van der Waals surface area contributed by atoms with Gasteiger partial charge >= 0.3 is 6.18 Å². The number of fused-ring (bicyclic) bond motifs is 1. The Hall–Kier alpha value is -3.02. The number of sulfone groups is 1. The van der Waals surface area contributed by atoms with Crippen LogP contribution in [-0.2, 0) is 25.7 Å². The van der Waals surface area contributed by atoms with E-state index in [1.54, 1.807) is 12.1 Å². The minimum atomic E-state index is -4.39. The van der Waals surface area contributed by atoms with Crippen LogP contribution >= 0.6 is 11.3 Å². The molecule has 0 atom stereocenters. The lowest BCUT2D eigenvalue weighted by Crippen LogP contribution is -2.62. The number of ether oxygens (including phenoxy) is 3. The first-order chi connectivity index (χ1) is 23.4. The van der Waals surface area contributed by atoms with Crippen LogP contribution in [-0.4, -0.2) is 91.0 Å². The second-order valence-corrected chi connectivity index (χ2v) is 16.5. The molecule has 2 aliphatic heterocycles. The highest BCUT2D eigenvalue weighted by Crippen LogP contribution is 2.44. The van der Waals surface area contributed by atoms with Crippen molar-refractivity contribution in [3.8, 4) is 17.6 Å². The fourth-order valence-corrected chi connectivity index (χ4v) is 9.07. The molecule has 3 fully saturated rings. The number of nitrogens with one attached hydrogen (secondary N) is 2. The van der Waals surface area contributed by atoms with Crippen molar-refractivity contribution in [3.63, 3.8) is 0 Å². The summed E-state index contributed by atoms with van der Waals surface area (Å²) in [4.78, 5) is 3.14. The molecule has 0 amide bonds. The predicted molar refractivity (Wildman–Crippen MR) is 188 cm³/mol. The van der Waals surface area contributed by atoms with Gasteiger partial charge in [0, 0.05) is 63.2 Å². The van der Waals surface area contributed by atoms with Gasteiger partial charge in [0.15, 0.2) is 9.84 Å². The van der Waals surface area contributed by atoms with Gasteiger partial charge in [0.1, 0.15) is 12.4 Å². The van der Waals surface area contributed by atoms with Gasteiger partial charge in [-0.1, -0.05) is 24.0 Å². The van der Waals surface area contributed by atoms with Crippen LogP contribution in [0.15, 0.2) is 41.3 Å². The van der Waals surface area contributed by atoms with E-state index in [0.29, 0.717) is 39.8 Å². The van der Waals surface area contributed by atoms with Gasteiger partial charge in [-0.15, -0.1) is 11.3 Å². The average Bonchev–Trinajstić information content (AvgIpc) is 3.39. The van der Waals surface area contributed by atoms with Crippen LogP contribution in [0.3, 0.4) is 0 Å². The average molecular weight is 720 g/mol. The number of anilines is 2. The molecule has 0 bridgehead atoms. The molecule has 6 rings (SSSR count). The van der Waals surface area contributed by atoms with E-state index in [1.807, 2.05) is 12.1 Å². The smallest absolute Gasteiger partial charge is 0.393 e. The highest BCUT2D eigenvalue weighted by molar-refractivity contribution is 7.90. The zero-order valence-electron chi connectivity index (χ0n) is 28.0. The van der Waals surface area contributed by atoms with Crippen molar-refractivity contribution in [3.05, 3.63) is 46.8 Å². The molecule has 13 heteroatoms. The molecular formula is C36H44F3N3O5S2. The summed E-state index contributed by atoms with van der Waals surface area (Å²) in [5.74, 6) is 6.29. The van der Waals surface area contributed by atoms with Crippen molar-refractivity contribution >= 4 is 42.6 Å². The number of halogens is 3. The first-order valence-corrected chi connectivity index (χ1v) is 19.5. The van der Waals surface area contributed by atoms with E-state index in [0.717, 1.165) is 68.4 Å². The summed E-state index contributed by atoms with van der Waals surface area (Å²) in [6.45, 7) is 4.73. The highest BCUT2D eigenvalue weighted by Gasteiger charge is 2.46. The van der Waals surface area contributed by atoms with E-state index in [9.17, 15) is 21.6 Å². The summed E-state index contributed by atoms with van der Waals surface area (Å²) in [6, 6.07) is 10.9. The van der Waals surface area contributed by atoms with Crippen molar-refractivity contribution < 1.29 is 35.8 Å². The Kier molecular flexibility index (Phi) is 11.0. The van der Waals surface area contributed by atoms with Crippen LogP contribution in [0.1, 0.15) is 49.0 Å². The van der Waals surface area contributed by atoms with E-state index in [-0.39, 0.29) is 29.7 Å². The molecule has 2 N–H and O–H groups in total. The molecule has 1 aliphatic carbocycles. The van der Waals surface area contributed by atoms with Gasteiger partial charge in [-0.25, -0.2) is 8.42 Å². The van der Waals surface area contributed by atoms with Crippen molar-refractivity contribution in [2.75, 3.05) is 70.1 Å². The van der Waals surface area contributed by atoms with Gasteiger partial charge in [0.25, 0.3) is 0 Å². The van der Waals surface area contributed by atoms with Crippen LogP contribution in [0.2, 0.25) is 0 Å². The maximum absolute atomic E-state index is 13.8. The van der Waals surface area contributed by atoms with E-state index >= 15 is 0 Å². The first-order valence-electron chi connectivity index (χ1n) is 16.8. The zero-order valence-corrected chi connectivity index (χ0v) is 29.6. The molecule has 2 aromatic carbocycles. The van der Waals surface area contributed by atoms with Crippen LogP contribution in [0, 0.1) is 17.3 Å². The molecule has 49 heavy (non-hydrogen) atoms. The third-order valence-corrected chi connectivity index (χ3v) is 12.2. The lowest BCUT2D eigenvalue weighted by Gasteiger charge is -2.56. The number of hydrogen-bond acceptors (Lipinski definition) is 9. The Morgan fingerprint density at radius 1 is 1.06 bits per heavy atom. The van der Waals surface area contributed by atoms with Crippen LogP contribution in [0.5, 0.6) is 5.75 Å². The van der Waals surface area contributed by atoms with Gasteiger partial charge in [-0.3, -0.25) is 4.90 Å². The third-order valence-electron chi connectivity index (χ3n) is 9.89. The molecule has 3 aliphatic rings. The summed E-state index contributed by atoms with van der Waals surface area (Å²) in [6.07, 6.45) is 2.27. The van der Waals surface area contributed by atoms with Crippen molar-refractivity contribution in [2.24, 2.45) is 5.41 Å². The Labute approximate surface area is 290 Å². The monoisotopic (exact) mass is 719 g/mol. The topological polar surface area (TPSA) is 89.1 Å². The second-order valence-electron chi connectivity index (χ2n) is 13.5. The lowest BCUT2D eigenvalue weighted by atomic mass is 9.71. The largest absolute Gasteiger partial charge is 0.489 e. The molecule has 1 aromatic heterocycles. The number of thiophene rings is 1. The standard InChI is InChI=1S/C36H44F3N3O5S2/c1-45-19-20-47-32-21-27(49(2,43)44)12-13-30(32)40-16-4-7-33-29(22-36(37,38)39)28-5-3-6-31(34(28)48-33)41-25-8-10-26(11-9-25)42-23-35(24-42)14-17-46-18-15-35/h3,5-6,12-13,21,25-26,40-41H,8-11,14-20,22-24H2,1-2H3. The van der Waals surface area contributed by atoms with Gasteiger partial charge in [0.05, 0.1) is 45.4 Å². The molecule has 266 valence electrons. The summed E-state index contributed by atoms with van der Waals surface area (Å²) < 4.78 is 82.7. The number of benzene rings is 2. The number of rotatable bonds is 11. The minimum Gasteiger partial charge on any atom is -0.489 e. The maximum atomic E-state index is 13.8. The number of hydrogen-bond donors (Lipinski definition) is 2. The van der Waals surface area contributed by atoms with Crippen LogP contribution < -0.4 is 15.4 Å². The third kappa shape index (κ3) is 8.83. The Morgan fingerprint density at radius 3 is 2.51 bits per heavy atom.